The quantitative estimate of drug-likeness (QED) is 0.849. The summed E-state index contributed by atoms with van der Waals surface area (Å²) in [4.78, 5) is 19.8. The van der Waals surface area contributed by atoms with Gasteiger partial charge in [0.2, 0.25) is 0 Å². The number of aliphatic carboxylic acids is 1. The van der Waals surface area contributed by atoms with Gasteiger partial charge in [-0.1, -0.05) is 6.92 Å². The van der Waals surface area contributed by atoms with Crippen LogP contribution in [-0.2, 0) is 4.79 Å². The van der Waals surface area contributed by atoms with Crippen molar-refractivity contribution in [3.8, 4) is 0 Å². The molecule has 0 aliphatic carbocycles. The molecule has 1 aromatic rings. The van der Waals surface area contributed by atoms with E-state index in [1.54, 1.807) is 5.38 Å². The van der Waals surface area contributed by atoms with E-state index in [0.717, 1.165) is 31.3 Å². The summed E-state index contributed by atoms with van der Waals surface area (Å²) in [6, 6.07) is -0.543. The molecule has 19 heavy (non-hydrogen) atoms. The van der Waals surface area contributed by atoms with Gasteiger partial charge in [-0.05, 0) is 13.5 Å². The van der Waals surface area contributed by atoms with Crippen molar-refractivity contribution in [2.24, 2.45) is 5.73 Å². The van der Waals surface area contributed by atoms with Crippen molar-refractivity contribution >= 4 is 22.4 Å². The van der Waals surface area contributed by atoms with Crippen molar-refractivity contribution in [2.45, 2.75) is 25.9 Å². The molecule has 0 aromatic carbocycles. The van der Waals surface area contributed by atoms with Crippen LogP contribution in [-0.4, -0.2) is 53.2 Å². The smallest absolute Gasteiger partial charge is 0.326 e. The predicted molar refractivity (Wildman–Crippen MR) is 75.6 cm³/mol. The summed E-state index contributed by atoms with van der Waals surface area (Å²) in [6.07, 6.45) is 0. The summed E-state index contributed by atoms with van der Waals surface area (Å²) < 4.78 is 0. The molecule has 7 heteroatoms. The van der Waals surface area contributed by atoms with Gasteiger partial charge < -0.3 is 15.7 Å². The fraction of sp³-hybridized carbons (Fsp3) is 0.667. The minimum absolute atomic E-state index is 0.443. The maximum atomic E-state index is 10.8. The van der Waals surface area contributed by atoms with Crippen LogP contribution in [0.3, 0.4) is 0 Å². The molecular formula is C12H20N4O2S. The summed E-state index contributed by atoms with van der Waals surface area (Å²) in [5, 5.41) is 11.5. The van der Waals surface area contributed by atoms with Crippen LogP contribution in [0, 0.1) is 0 Å². The van der Waals surface area contributed by atoms with Crippen molar-refractivity contribution in [3.63, 3.8) is 0 Å². The number of nitrogens with zero attached hydrogens (tertiary/aromatic N) is 3. The predicted octanol–water partition coefficient (Wildman–Crippen LogP) is 0.758. The number of carbonyl (C=O) groups is 1. The number of likely N-dealkylation sites (N-methyl/N-ethyl adjacent to an activating group) is 1. The molecular weight excluding hydrogens is 264 g/mol. The topological polar surface area (TPSA) is 82.7 Å². The molecule has 0 amide bonds. The number of rotatable bonds is 4. The second-order valence-electron chi connectivity index (χ2n) is 4.79. The summed E-state index contributed by atoms with van der Waals surface area (Å²) in [5.74, 6) is -1.04. The molecule has 2 atom stereocenters. The fourth-order valence-electron chi connectivity index (χ4n) is 2.33. The Morgan fingerprint density at radius 2 is 2.42 bits per heavy atom. The number of piperazine rings is 1. The van der Waals surface area contributed by atoms with Crippen molar-refractivity contribution in [1.82, 2.24) is 9.88 Å². The van der Waals surface area contributed by atoms with Gasteiger partial charge in [-0.15, -0.1) is 11.3 Å². The van der Waals surface area contributed by atoms with Gasteiger partial charge in [0.15, 0.2) is 5.13 Å². The van der Waals surface area contributed by atoms with Gasteiger partial charge in [0.1, 0.15) is 6.04 Å². The monoisotopic (exact) mass is 284 g/mol. The zero-order valence-corrected chi connectivity index (χ0v) is 12.1. The lowest BCUT2D eigenvalue weighted by Crippen LogP contribution is -2.51. The van der Waals surface area contributed by atoms with E-state index < -0.39 is 12.0 Å². The van der Waals surface area contributed by atoms with Crippen LogP contribution in [0.2, 0.25) is 0 Å². The van der Waals surface area contributed by atoms with E-state index in [4.69, 9.17) is 10.8 Å². The maximum absolute atomic E-state index is 10.8. The Hall–Kier alpha value is -1.18. The minimum atomic E-state index is -1.04. The van der Waals surface area contributed by atoms with E-state index in [9.17, 15) is 4.79 Å². The number of carboxylic acids is 1. The maximum Gasteiger partial charge on any atom is 0.326 e. The van der Waals surface area contributed by atoms with Crippen LogP contribution in [0.5, 0.6) is 0 Å². The number of hydrogen-bond donors (Lipinski definition) is 2. The molecule has 1 aliphatic rings. The first-order valence-corrected chi connectivity index (χ1v) is 7.33. The number of thiazole rings is 1. The third-order valence-corrected chi connectivity index (χ3v) is 4.46. The van der Waals surface area contributed by atoms with Gasteiger partial charge in [0.25, 0.3) is 0 Å². The zero-order valence-electron chi connectivity index (χ0n) is 11.2. The van der Waals surface area contributed by atoms with Gasteiger partial charge in [0.05, 0.1) is 5.69 Å². The first-order valence-electron chi connectivity index (χ1n) is 6.45. The molecule has 2 heterocycles. The fourth-order valence-corrected chi connectivity index (χ4v) is 3.23. The Kier molecular flexibility index (Phi) is 4.38. The third-order valence-electron chi connectivity index (χ3n) is 3.54. The molecule has 3 N–H and O–H groups in total. The lowest BCUT2D eigenvalue weighted by molar-refractivity contribution is -0.138. The Morgan fingerprint density at radius 3 is 3.00 bits per heavy atom. The van der Waals surface area contributed by atoms with Crippen LogP contribution >= 0.6 is 11.3 Å². The zero-order chi connectivity index (χ0) is 14.0. The largest absolute Gasteiger partial charge is 0.480 e. The van der Waals surface area contributed by atoms with Crippen LogP contribution < -0.4 is 10.6 Å². The third kappa shape index (κ3) is 3.05. The average molecular weight is 284 g/mol. The van der Waals surface area contributed by atoms with Gasteiger partial charge in [-0.2, -0.15) is 0 Å². The molecule has 106 valence electrons. The highest BCUT2D eigenvalue weighted by molar-refractivity contribution is 7.13. The van der Waals surface area contributed by atoms with E-state index in [1.807, 2.05) is 0 Å². The SMILES string of the molecule is CCN1CCN(c2nc(C(N)C(=O)O)cs2)CC1C. The van der Waals surface area contributed by atoms with Gasteiger partial charge in [-0.25, -0.2) is 4.98 Å². The van der Waals surface area contributed by atoms with Gasteiger partial charge in [-0.3, -0.25) is 9.69 Å². The Labute approximate surface area is 116 Å². The Bertz CT molecular complexity index is 451. The van der Waals surface area contributed by atoms with Crippen molar-refractivity contribution < 1.29 is 9.90 Å². The first kappa shape index (κ1) is 14.2. The number of anilines is 1. The lowest BCUT2D eigenvalue weighted by Gasteiger charge is -2.39. The molecule has 0 spiro atoms. The molecule has 0 bridgehead atoms. The van der Waals surface area contributed by atoms with Crippen LogP contribution in [0.25, 0.3) is 0 Å². The Morgan fingerprint density at radius 1 is 1.68 bits per heavy atom. The highest BCUT2D eigenvalue weighted by Gasteiger charge is 2.25. The van der Waals surface area contributed by atoms with Crippen molar-refractivity contribution in [3.05, 3.63) is 11.1 Å². The molecule has 0 radical (unpaired) electrons. The molecule has 2 unspecified atom stereocenters. The van der Waals surface area contributed by atoms with Gasteiger partial charge >= 0.3 is 5.97 Å². The molecule has 1 saturated heterocycles. The summed E-state index contributed by atoms with van der Waals surface area (Å²) in [6.45, 7) is 8.28. The van der Waals surface area contributed by atoms with Gasteiger partial charge in [0, 0.05) is 31.1 Å². The number of nitrogens with two attached hydrogens (primary N) is 1. The summed E-state index contributed by atoms with van der Waals surface area (Å²) >= 11 is 1.47. The molecule has 1 aliphatic heterocycles. The van der Waals surface area contributed by atoms with Crippen LogP contribution in [0.15, 0.2) is 5.38 Å². The highest BCUT2D eigenvalue weighted by Crippen LogP contribution is 2.25. The van der Waals surface area contributed by atoms with E-state index in [1.165, 1.54) is 11.3 Å². The van der Waals surface area contributed by atoms with E-state index in [2.05, 4.69) is 28.6 Å². The van der Waals surface area contributed by atoms with Crippen molar-refractivity contribution in [1.29, 1.82) is 0 Å². The lowest BCUT2D eigenvalue weighted by atomic mass is 10.2. The second kappa shape index (κ2) is 5.85. The second-order valence-corrected chi connectivity index (χ2v) is 5.63. The van der Waals surface area contributed by atoms with Crippen LogP contribution in [0.1, 0.15) is 25.6 Å². The highest BCUT2D eigenvalue weighted by atomic mass is 32.1. The standard InChI is InChI=1S/C12H20N4O2S/c1-3-15-4-5-16(6-8(15)2)12-14-9(7-19-12)10(13)11(17)18/h7-8,10H,3-6,13H2,1-2H3,(H,17,18). The molecule has 0 saturated carbocycles. The average Bonchev–Trinajstić information content (AvgIpc) is 2.87. The molecule has 1 aromatic heterocycles. The summed E-state index contributed by atoms with van der Waals surface area (Å²) in [7, 11) is 0. The summed E-state index contributed by atoms with van der Waals surface area (Å²) in [5.41, 5.74) is 6.01. The Balaban J connectivity index is 2.05. The molecule has 6 nitrogen and oxygen atoms in total. The number of aromatic nitrogens is 1. The van der Waals surface area contributed by atoms with E-state index >= 15 is 0 Å². The van der Waals surface area contributed by atoms with Crippen molar-refractivity contribution in [2.75, 3.05) is 31.1 Å². The van der Waals surface area contributed by atoms with E-state index in [-0.39, 0.29) is 0 Å². The molecule has 2 rings (SSSR count). The first-order chi connectivity index (χ1) is 9.02. The molecule has 1 fully saturated rings. The minimum Gasteiger partial charge on any atom is -0.480 e. The number of carboxylic acid groups (broad SMARTS) is 1. The van der Waals surface area contributed by atoms with Crippen LogP contribution in [0.4, 0.5) is 5.13 Å². The number of hydrogen-bond acceptors (Lipinski definition) is 6. The normalized spacial score (nSPS) is 22.5. The van der Waals surface area contributed by atoms with E-state index in [0.29, 0.717) is 11.7 Å².